The van der Waals surface area contributed by atoms with E-state index in [0.29, 0.717) is 17.8 Å². The molecule has 0 unspecified atom stereocenters. The monoisotopic (exact) mass is 708 g/mol. The summed E-state index contributed by atoms with van der Waals surface area (Å²) in [5.41, 5.74) is 11.5. The highest BCUT2D eigenvalue weighted by Gasteiger charge is 2.17. The van der Waals surface area contributed by atoms with E-state index in [-0.39, 0.29) is 0 Å². The molecule has 0 fully saturated rings. The van der Waals surface area contributed by atoms with E-state index in [0.717, 1.165) is 94.1 Å². The van der Waals surface area contributed by atoms with Gasteiger partial charge in [0.25, 0.3) is 0 Å². The van der Waals surface area contributed by atoms with E-state index in [4.69, 9.17) is 18.8 Å². The van der Waals surface area contributed by atoms with Gasteiger partial charge in [-0.05, 0) is 137 Å². The quantitative estimate of drug-likeness (QED) is 0.159. The minimum atomic E-state index is 0.431. The SMILES string of the molecule is [2H]c1cc(-c2ccnc3ccc4ncccc4c23)cc2ccc(N(c3ccc(-c4nc5ccccc5o4)cc3)c3ccc(-c4nc5ccccc5o4)cc3)cc12. The molecule has 11 rings (SSSR count). The Labute approximate surface area is 316 Å². The summed E-state index contributed by atoms with van der Waals surface area (Å²) in [6.07, 6.45) is 3.64. The summed E-state index contributed by atoms with van der Waals surface area (Å²) in [4.78, 5) is 20.8. The van der Waals surface area contributed by atoms with Gasteiger partial charge in [0.15, 0.2) is 11.2 Å². The van der Waals surface area contributed by atoms with Crippen molar-refractivity contribution in [3.8, 4) is 34.0 Å². The molecular weight excluding hydrogens is 679 g/mol. The maximum absolute atomic E-state index is 9.33. The van der Waals surface area contributed by atoms with Crippen LogP contribution in [0, 0.1) is 0 Å². The number of pyridine rings is 2. The van der Waals surface area contributed by atoms with Gasteiger partial charge in [-0.15, -0.1) is 0 Å². The van der Waals surface area contributed by atoms with E-state index in [2.05, 4.69) is 69.5 Å². The van der Waals surface area contributed by atoms with Crippen LogP contribution in [0.25, 0.3) is 88.8 Å². The topological polar surface area (TPSA) is 81.1 Å². The van der Waals surface area contributed by atoms with Crippen LogP contribution in [0.4, 0.5) is 17.1 Å². The highest BCUT2D eigenvalue weighted by atomic mass is 16.4. The zero-order valence-electron chi connectivity index (χ0n) is 30.2. The molecule has 0 bridgehead atoms. The van der Waals surface area contributed by atoms with Gasteiger partial charge in [-0.3, -0.25) is 9.97 Å². The van der Waals surface area contributed by atoms with Crippen molar-refractivity contribution in [2.45, 2.75) is 0 Å². The molecule has 7 heteroatoms. The smallest absolute Gasteiger partial charge is 0.227 e. The Morgan fingerprint density at radius 2 is 1.07 bits per heavy atom. The Morgan fingerprint density at radius 1 is 0.455 bits per heavy atom. The molecule has 0 N–H and O–H groups in total. The lowest BCUT2D eigenvalue weighted by Gasteiger charge is -2.26. The molecule has 0 saturated carbocycles. The fraction of sp³-hybridized carbons (Fsp3) is 0. The largest absolute Gasteiger partial charge is 0.436 e. The molecule has 7 nitrogen and oxygen atoms in total. The van der Waals surface area contributed by atoms with Gasteiger partial charge in [-0.25, -0.2) is 9.97 Å². The van der Waals surface area contributed by atoms with E-state index in [1.807, 2.05) is 116 Å². The van der Waals surface area contributed by atoms with Crippen LogP contribution in [-0.4, -0.2) is 19.9 Å². The lowest BCUT2D eigenvalue weighted by Crippen LogP contribution is -2.09. The third kappa shape index (κ3) is 5.37. The van der Waals surface area contributed by atoms with Crippen LogP contribution < -0.4 is 4.90 Å². The van der Waals surface area contributed by atoms with Crippen molar-refractivity contribution < 1.29 is 10.2 Å². The average molecular weight is 709 g/mol. The predicted octanol–water partition coefficient (Wildman–Crippen LogP) is 12.7. The molecule has 0 spiro atoms. The molecule has 0 aliphatic rings. The van der Waals surface area contributed by atoms with Crippen molar-refractivity contribution in [1.82, 2.24) is 19.9 Å². The number of benzene rings is 7. The Kier molecular flexibility index (Phi) is 6.79. The molecule has 0 saturated heterocycles. The van der Waals surface area contributed by atoms with Gasteiger partial charge in [0.05, 0.1) is 12.4 Å². The maximum atomic E-state index is 9.33. The van der Waals surface area contributed by atoms with Crippen LogP contribution in [0.1, 0.15) is 1.37 Å². The number of fused-ring (bicyclic) bond motifs is 6. The van der Waals surface area contributed by atoms with Gasteiger partial charge in [0.2, 0.25) is 11.8 Å². The van der Waals surface area contributed by atoms with Crippen molar-refractivity contribution in [3.63, 3.8) is 0 Å². The molecular formula is C48H29N5O2. The van der Waals surface area contributed by atoms with Crippen LogP contribution in [0.2, 0.25) is 0 Å². The van der Waals surface area contributed by atoms with E-state index < -0.39 is 0 Å². The summed E-state index contributed by atoms with van der Waals surface area (Å²) in [6.45, 7) is 0. The van der Waals surface area contributed by atoms with Gasteiger partial charge in [-0.1, -0.05) is 48.5 Å². The minimum Gasteiger partial charge on any atom is -0.436 e. The third-order valence-electron chi connectivity index (χ3n) is 10.1. The first-order valence-corrected chi connectivity index (χ1v) is 18.0. The second-order valence-corrected chi connectivity index (χ2v) is 13.5. The zero-order chi connectivity index (χ0) is 37.2. The van der Waals surface area contributed by atoms with Crippen LogP contribution in [0.3, 0.4) is 0 Å². The normalized spacial score (nSPS) is 11.9. The van der Waals surface area contributed by atoms with E-state index in [9.17, 15) is 1.37 Å². The maximum Gasteiger partial charge on any atom is 0.227 e. The fourth-order valence-corrected chi connectivity index (χ4v) is 7.45. The first-order valence-electron chi connectivity index (χ1n) is 18.5. The number of hydrogen-bond acceptors (Lipinski definition) is 7. The summed E-state index contributed by atoms with van der Waals surface area (Å²) < 4.78 is 21.5. The Bertz CT molecular complexity index is 3100. The molecule has 4 heterocycles. The van der Waals surface area contributed by atoms with Crippen molar-refractivity contribution in [2.75, 3.05) is 4.90 Å². The Hall–Kier alpha value is -7.64. The first kappa shape index (κ1) is 29.9. The first-order chi connectivity index (χ1) is 27.6. The fourth-order valence-electron chi connectivity index (χ4n) is 7.45. The highest BCUT2D eigenvalue weighted by molar-refractivity contribution is 6.12. The molecule has 0 atom stereocenters. The van der Waals surface area contributed by atoms with Gasteiger partial charge < -0.3 is 13.7 Å². The molecule has 0 aliphatic carbocycles. The summed E-state index contributed by atoms with van der Waals surface area (Å²) >= 11 is 0. The minimum absolute atomic E-state index is 0.431. The average Bonchev–Trinajstić information content (AvgIpc) is 3.89. The lowest BCUT2D eigenvalue weighted by molar-refractivity contribution is 0.619. The Balaban J connectivity index is 1.02. The molecule has 258 valence electrons. The highest BCUT2D eigenvalue weighted by Crippen LogP contribution is 2.40. The van der Waals surface area contributed by atoms with Crippen LogP contribution in [0.5, 0.6) is 0 Å². The number of aromatic nitrogens is 4. The number of hydrogen-bond donors (Lipinski definition) is 0. The van der Waals surface area contributed by atoms with Gasteiger partial charge in [0, 0.05) is 51.4 Å². The predicted molar refractivity (Wildman–Crippen MR) is 221 cm³/mol. The van der Waals surface area contributed by atoms with E-state index in [1.54, 1.807) is 0 Å². The van der Waals surface area contributed by atoms with Gasteiger partial charge >= 0.3 is 0 Å². The number of oxazole rings is 2. The lowest BCUT2D eigenvalue weighted by atomic mass is 9.96. The summed E-state index contributed by atoms with van der Waals surface area (Å²) in [5.74, 6) is 1.14. The van der Waals surface area contributed by atoms with Crippen molar-refractivity contribution in [2.24, 2.45) is 0 Å². The molecule has 0 radical (unpaired) electrons. The van der Waals surface area contributed by atoms with Crippen molar-refractivity contribution in [3.05, 3.63) is 176 Å². The van der Waals surface area contributed by atoms with Gasteiger partial charge in [-0.2, -0.15) is 0 Å². The third-order valence-corrected chi connectivity index (χ3v) is 10.1. The second kappa shape index (κ2) is 12.5. The van der Waals surface area contributed by atoms with E-state index >= 15 is 0 Å². The summed E-state index contributed by atoms with van der Waals surface area (Å²) in [6, 6.07) is 52.9. The number of rotatable bonds is 6. The number of anilines is 3. The summed E-state index contributed by atoms with van der Waals surface area (Å²) in [7, 11) is 0. The second-order valence-electron chi connectivity index (χ2n) is 13.5. The number of nitrogens with zero attached hydrogens (tertiary/aromatic N) is 5. The van der Waals surface area contributed by atoms with Crippen LogP contribution >= 0.6 is 0 Å². The van der Waals surface area contributed by atoms with Crippen LogP contribution in [-0.2, 0) is 0 Å². The molecule has 55 heavy (non-hydrogen) atoms. The van der Waals surface area contributed by atoms with Crippen LogP contribution in [0.15, 0.2) is 185 Å². The molecule has 0 aliphatic heterocycles. The van der Waals surface area contributed by atoms with E-state index in [1.165, 1.54) is 0 Å². The summed E-state index contributed by atoms with van der Waals surface area (Å²) in [5, 5.41) is 3.88. The Morgan fingerprint density at radius 3 is 1.75 bits per heavy atom. The molecule has 7 aromatic carbocycles. The zero-order valence-corrected chi connectivity index (χ0v) is 29.2. The van der Waals surface area contributed by atoms with Crippen molar-refractivity contribution >= 4 is 71.8 Å². The van der Waals surface area contributed by atoms with Crippen molar-refractivity contribution in [1.29, 1.82) is 0 Å². The number of para-hydroxylation sites is 4. The standard InChI is InChI=1S/C48H29N5O2/c1-3-9-44-41(7-1)51-47(54-44)30-13-18-35(19-14-30)53(36-20-15-31(16-21-36)48-52-42-8-2-4-10-45(42)55-48)37-22-17-32-28-34(12-11-33(32)29-37)38-25-27-50-43-24-23-40-39(46(38)43)6-5-26-49-40/h1-29H/i11D. The molecule has 11 aromatic rings. The molecule has 0 amide bonds. The van der Waals surface area contributed by atoms with Gasteiger partial charge in [0.1, 0.15) is 11.0 Å². The molecule has 4 aromatic heterocycles.